The molecule has 0 unspecified atom stereocenters. The topological polar surface area (TPSA) is 149 Å². The molecule has 8 nitrogen and oxygen atoms in total. The molecule has 0 heterocycles. The van der Waals surface area contributed by atoms with E-state index in [1.165, 1.54) is 37.4 Å². The Morgan fingerprint density at radius 1 is 0.463 bits per heavy atom. The van der Waals surface area contributed by atoms with Gasteiger partial charge >= 0.3 is 0 Å². The number of phenols is 4. The Morgan fingerprint density at radius 3 is 1.46 bits per heavy atom. The van der Waals surface area contributed by atoms with Crippen LogP contribution in [0.5, 0.6) is 23.0 Å². The van der Waals surface area contributed by atoms with Crippen LogP contribution in [-0.4, -0.2) is 20.4 Å². The Kier molecular flexibility index (Phi) is 10.5. The normalized spacial score (nSPS) is 11.8. The van der Waals surface area contributed by atoms with Gasteiger partial charge in [-0.1, -0.05) is 63.1 Å². The minimum atomic E-state index is -0.864. The first-order valence-corrected chi connectivity index (χ1v) is 19.7. The second-order valence-corrected chi connectivity index (χ2v) is 16.6. The number of benzene rings is 6. The largest absolute Gasteiger partial charge is 0.507 e. The molecule has 0 saturated heterocycles. The van der Waals surface area contributed by atoms with E-state index in [-0.39, 0.29) is 83.7 Å². The van der Waals surface area contributed by atoms with Crippen LogP contribution >= 0.6 is 23.5 Å². The summed E-state index contributed by atoms with van der Waals surface area (Å²) in [7, 11) is 0. The third-order valence-corrected chi connectivity index (χ3v) is 12.3. The zero-order chi connectivity index (χ0) is 39.5. The lowest BCUT2D eigenvalue weighted by Gasteiger charge is -2.24. The molecule has 0 atom stereocenters. The van der Waals surface area contributed by atoms with Crippen LogP contribution in [0.2, 0.25) is 0 Å². The van der Waals surface area contributed by atoms with Crippen LogP contribution in [0.1, 0.15) is 84.0 Å². The predicted octanol–water partition coefficient (Wildman–Crippen LogP) is 8.82. The smallest absolute Gasteiger partial charge is 0.230 e. The van der Waals surface area contributed by atoms with Crippen LogP contribution in [0, 0.1) is 27.7 Å². The standard InChI is InChI=1S/C44H42O8S2/c1-19(2)29-35-33(27(39(47)43(29)51)17-53-25-13-9-21(5)10-14-25)41(49)31(23(7)37(35)45)32-24(8)38(46)36-30(20(3)4)44(52)40(48)28(34(36)42(32)50)18-54-26-15-11-22(6)12-16-26/h9-16,19-20,45,47,49,51H,17-18H2,1-8H3. The molecule has 0 radical (unpaired) electrons. The Labute approximate surface area is 321 Å². The number of fused-ring (bicyclic) bond motifs is 2. The minimum Gasteiger partial charge on any atom is -0.507 e. The third kappa shape index (κ3) is 6.35. The summed E-state index contributed by atoms with van der Waals surface area (Å²) < 4.78 is 0. The van der Waals surface area contributed by atoms with Gasteiger partial charge in [0.15, 0.2) is 22.4 Å². The van der Waals surface area contributed by atoms with Crippen molar-refractivity contribution < 1.29 is 20.4 Å². The van der Waals surface area contributed by atoms with Crippen molar-refractivity contribution in [1.82, 2.24) is 0 Å². The molecule has 0 saturated carbocycles. The average molecular weight is 763 g/mol. The first-order valence-electron chi connectivity index (χ1n) is 17.7. The number of aromatic hydroxyl groups is 4. The van der Waals surface area contributed by atoms with Crippen molar-refractivity contribution in [3.63, 3.8) is 0 Å². The van der Waals surface area contributed by atoms with E-state index < -0.39 is 50.8 Å². The Bertz CT molecular complexity index is 2650. The first-order chi connectivity index (χ1) is 25.5. The highest BCUT2D eigenvalue weighted by Gasteiger charge is 2.34. The zero-order valence-electron chi connectivity index (χ0n) is 31.4. The summed E-state index contributed by atoms with van der Waals surface area (Å²) in [6.07, 6.45) is 0. The quantitative estimate of drug-likeness (QED) is 0.0487. The lowest BCUT2D eigenvalue weighted by molar-refractivity contribution is 0.395. The van der Waals surface area contributed by atoms with Crippen molar-refractivity contribution in [1.29, 1.82) is 0 Å². The Balaban J connectivity index is 1.72. The van der Waals surface area contributed by atoms with Crippen LogP contribution < -0.4 is 21.7 Å². The van der Waals surface area contributed by atoms with E-state index in [1.807, 2.05) is 62.4 Å². The van der Waals surface area contributed by atoms with Crippen molar-refractivity contribution >= 4 is 34.3 Å². The molecule has 0 spiro atoms. The van der Waals surface area contributed by atoms with Crippen LogP contribution in [0.3, 0.4) is 0 Å². The Hall–Kier alpha value is -5.06. The highest BCUT2D eigenvalue weighted by molar-refractivity contribution is 7.98. The molecule has 278 valence electrons. The summed E-state index contributed by atoms with van der Waals surface area (Å²) in [4.78, 5) is 58.6. The van der Waals surface area contributed by atoms with Crippen molar-refractivity contribution in [3.05, 3.63) is 134 Å². The molecule has 2 aliphatic carbocycles. The maximum Gasteiger partial charge on any atom is 0.230 e. The predicted molar refractivity (Wildman–Crippen MR) is 219 cm³/mol. The number of aryl methyl sites for hydroxylation is 2. The molecule has 0 amide bonds. The fourth-order valence-corrected chi connectivity index (χ4v) is 9.18. The van der Waals surface area contributed by atoms with Gasteiger partial charge in [-0.2, -0.15) is 0 Å². The highest BCUT2D eigenvalue weighted by Crippen LogP contribution is 2.54. The summed E-state index contributed by atoms with van der Waals surface area (Å²) >= 11 is 2.59. The second kappa shape index (κ2) is 14.6. The molecule has 2 aliphatic rings. The number of phenolic OH excluding ortho intramolecular Hbond substituents is 4. The van der Waals surface area contributed by atoms with E-state index in [1.54, 1.807) is 27.7 Å². The van der Waals surface area contributed by atoms with Crippen LogP contribution in [0.15, 0.2) is 77.5 Å². The fraction of sp³-hybridized carbons (Fsp3) is 0.273. The summed E-state index contributed by atoms with van der Waals surface area (Å²) in [5.41, 5.74) is -1.43. The van der Waals surface area contributed by atoms with Crippen molar-refractivity contribution in [2.24, 2.45) is 0 Å². The molecule has 6 rings (SSSR count). The average Bonchev–Trinajstić information content (AvgIpc) is 3.12. The van der Waals surface area contributed by atoms with Gasteiger partial charge in [0.25, 0.3) is 0 Å². The van der Waals surface area contributed by atoms with E-state index in [9.17, 15) is 34.8 Å². The van der Waals surface area contributed by atoms with Gasteiger partial charge < -0.3 is 20.4 Å². The van der Waals surface area contributed by atoms with E-state index in [4.69, 9.17) is 0 Å². The van der Waals surface area contributed by atoms with E-state index in [2.05, 4.69) is 0 Å². The molecular formula is C44H42O8S2. The van der Waals surface area contributed by atoms with Crippen molar-refractivity contribution in [3.8, 4) is 45.3 Å². The zero-order valence-corrected chi connectivity index (χ0v) is 33.1. The van der Waals surface area contributed by atoms with Gasteiger partial charge in [-0.3, -0.25) is 19.2 Å². The molecule has 54 heavy (non-hydrogen) atoms. The van der Waals surface area contributed by atoms with E-state index in [0.717, 1.165) is 20.9 Å². The van der Waals surface area contributed by atoms with Gasteiger partial charge in [-0.05, 0) is 63.8 Å². The summed E-state index contributed by atoms with van der Waals surface area (Å²) in [6, 6.07) is 15.2. The highest BCUT2D eigenvalue weighted by atomic mass is 32.2. The summed E-state index contributed by atoms with van der Waals surface area (Å²) in [5.74, 6) is -2.71. The minimum absolute atomic E-state index is 0.0236. The maximum absolute atomic E-state index is 15.0. The van der Waals surface area contributed by atoms with Crippen molar-refractivity contribution in [2.45, 2.75) is 88.5 Å². The molecule has 10 heteroatoms. The first kappa shape index (κ1) is 38.7. The van der Waals surface area contributed by atoms with Gasteiger partial charge in [0.05, 0.1) is 0 Å². The molecule has 0 bridgehead atoms. The van der Waals surface area contributed by atoms with Gasteiger partial charge in [-0.25, -0.2) is 0 Å². The summed E-state index contributed by atoms with van der Waals surface area (Å²) in [5, 5.41) is 47.3. The summed E-state index contributed by atoms with van der Waals surface area (Å²) in [6.45, 7) is 13.7. The van der Waals surface area contributed by atoms with Crippen molar-refractivity contribution in [2.75, 3.05) is 0 Å². The van der Waals surface area contributed by atoms with Crippen LogP contribution in [0.4, 0.5) is 0 Å². The molecule has 4 aromatic carbocycles. The molecule has 0 aliphatic heterocycles. The van der Waals surface area contributed by atoms with Crippen LogP contribution in [-0.2, 0) is 11.5 Å². The van der Waals surface area contributed by atoms with Gasteiger partial charge in [0.1, 0.15) is 11.5 Å². The SMILES string of the molecule is Cc1ccc(SCc2c3c(=O)c(-c4c(C)c(O)c5c(C(C)C)c(O)c(O)c(CSc6ccc(C)cc6)c5c4O)c(C)c(=O)c-3c(C(C)C)c(=O)c2=O)cc1. The third-order valence-electron chi connectivity index (χ3n) is 10.2. The molecule has 4 aromatic rings. The molecule has 0 aromatic heterocycles. The van der Waals surface area contributed by atoms with E-state index >= 15 is 4.79 Å². The Morgan fingerprint density at radius 2 is 0.963 bits per heavy atom. The van der Waals surface area contributed by atoms with E-state index in [0.29, 0.717) is 0 Å². The molecular weight excluding hydrogens is 721 g/mol. The number of rotatable bonds is 9. The van der Waals surface area contributed by atoms with Gasteiger partial charge in [-0.15, -0.1) is 23.5 Å². The number of thioether (sulfide) groups is 2. The van der Waals surface area contributed by atoms with Gasteiger partial charge in [0.2, 0.25) is 10.9 Å². The molecule has 0 fully saturated rings. The monoisotopic (exact) mass is 762 g/mol. The lowest BCUT2D eigenvalue weighted by atomic mass is 9.80. The molecule has 4 N–H and O–H groups in total. The van der Waals surface area contributed by atoms with Gasteiger partial charge in [0, 0.05) is 87.7 Å². The second-order valence-electron chi connectivity index (χ2n) is 14.5. The lowest BCUT2D eigenvalue weighted by Crippen LogP contribution is -2.38. The number of hydrogen-bond acceptors (Lipinski definition) is 10. The fourth-order valence-electron chi connectivity index (χ4n) is 7.34. The maximum atomic E-state index is 15.0. The number of hydrogen-bond donors (Lipinski definition) is 4. The van der Waals surface area contributed by atoms with Crippen LogP contribution in [0.25, 0.3) is 33.0 Å².